The molecule has 0 fully saturated rings. The van der Waals surface area contributed by atoms with Crippen LogP contribution in [-0.4, -0.2) is 9.13 Å². The zero-order valence-corrected chi connectivity index (χ0v) is 26.5. The number of hydrogen-bond acceptors (Lipinski definition) is 1. The van der Waals surface area contributed by atoms with Gasteiger partial charge in [-0.3, -0.25) is 0 Å². The van der Waals surface area contributed by atoms with Crippen molar-refractivity contribution >= 4 is 76.3 Å². The Bertz CT molecular complexity index is 3090. The molecule has 3 nitrogen and oxygen atoms in total. The number of furan rings is 1. The van der Waals surface area contributed by atoms with Gasteiger partial charge in [0.15, 0.2) is 0 Å². The highest BCUT2D eigenvalue weighted by molar-refractivity contribution is 6.19. The third-order valence-corrected chi connectivity index (χ3v) is 10.3. The predicted octanol–water partition coefficient (Wildman–Crippen LogP) is 12.6. The zero-order valence-electron chi connectivity index (χ0n) is 26.5. The van der Waals surface area contributed by atoms with E-state index in [1.165, 1.54) is 59.9 Å². The van der Waals surface area contributed by atoms with Crippen molar-refractivity contribution in [1.29, 1.82) is 0 Å². The van der Waals surface area contributed by atoms with Crippen LogP contribution in [0.4, 0.5) is 0 Å². The molecule has 0 radical (unpaired) electrons. The first-order valence-electron chi connectivity index (χ1n) is 16.8. The fourth-order valence-corrected chi connectivity index (χ4v) is 8.11. The summed E-state index contributed by atoms with van der Waals surface area (Å²) in [5, 5.41) is 9.74. The molecule has 0 unspecified atom stereocenters. The summed E-state index contributed by atoms with van der Waals surface area (Å²) >= 11 is 0. The molecule has 3 heteroatoms. The third-order valence-electron chi connectivity index (χ3n) is 10.3. The number of rotatable bonds is 3. The topological polar surface area (TPSA) is 23.0 Å². The van der Waals surface area contributed by atoms with Crippen LogP contribution < -0.4 is 0 Å². The molecule has 0 saturated carbocycles. The van der Waals surface area contributed by atoms with Crippen molar-refractivity contribution in [1.82, 2.24) is 9.13 Å². The Kier molecular flexibility index (Phi) is 5.38. The first kappa shape index (κ1) is 26.5. The summed E-state index contributed by atoms with van der Waals surface area (Å²) in [7, 11) is 0. The van der Waals surface area contributed by atoms with E-state index in [1.807, 2.05) is 0 Å². The van der Waals surface area contributed by atoms with Crippen molar-refractivity contribution in [2.24, 2.45) is 0 Å². The van der Waals surface area contributed by atoms with Gasteiger partial charge in [0.1, 0.15) is 11.2 Å². The first-order valence-corrected chi connectivity index (χ1v) is 16.8. The smallest absolute Gasteiger partial charge is 0.136 e. The molecule has 0 aliphatic rings. The quantitative estimate of drug-likeness (QED) is 0.192. The van der Waals surface area contributed by atoms with Gasteiger partial charge in [-0.25, -0.2) is 0 Å². The van der Waals surface area contributed by atoms with Crippen LogP contribution in [0.2, 0.25) is 0 Å². The highest BCUT2D eigenvalue weighted by atomic mass is 16.3. The number of fused-ring (bicyclic) bond motifs is 10. The van der Waals surface area contributed by atoms with Gasteiger partial charge in [-0.1, -0.05) is 103 Å². The average Bonchev–Trinajstić information content (AvgIpc) is 3.80. The lowest BCUT2D eigenvalue weighted by molar-refractivity contribution is 0.669. The molecular formula is C46H28N2O. The van der Waals surface area contributed by atoms with Gasteiger partial charge in [0, 0.05) is 43.7 Å². The predicted molar refractivity (Wildman–Crippen MR) is 205 cm³/mol. The lowest BCUT2D eigenvalue weighted by Gasteiger charge is -2.11. The van der Waals surface area contributed by atoms with E-state index >= 15 is 0 Å². The van der Waals surface area contributed by atoms with Crippen molar-refractivity contribution in [3.8, 4) is 22.5 Å². The molecule has 3 heterocycles. The van der Waals surface area contributed by atoms with Crippen LogP contribution in [-0.2, 0) is 0 Å². The number of aromatic nitrogens is 2. The summed E-state index contributed by atoms with van der Waals surface area (Å²) in [5.74, 6) is 0. The summed E-state index contributed by atoms with van der Waals surface area (Å²) < 4.78 is 11.2. The lowest BCUT2D eigenvalue weighted by Crippen LogP contribution is -1.95. The number of hydrogen-bond donors (Lipinski definition) is 0. The minimum atomic E-state index is 0.909. The van der Waals surface area contributed by atoms with E-state index in [0.29, 0.717) is 0 Å². The van der Waals surface area contributed by atoms with Gasteiger partial charge in [-0.15, -0.1) is 0 Å². The second kappa shape index (κ2) is 9.96. The van der Waals surface area contributed by atoms with Crippen LogP contribution in [0.25, 0.3) is 98.8 Å². The molecule has 0 amide bonds. The van der Waals surface area contributed by atoms with Gasteiger partial charge in [0.05, 0.1) is 22.1 Å². The summed E-state index contributed by atoms with van der Waals surface area (Å²) in [4.78, 5) is 0. The molecule has 0 aliphatic carbocycles. The lowest BCUT2D eigenvalue weighted by atomic mass is 9.98. The van der Waals surface area contributed by atoms with Gasteiger partial charge in [-0.2, -0.15) is 0 Å². The van der Waals surface area contributed by atoms with Crippen LogP contribution in [0, 0.1) is 0 Å². The molecule has 49 heavy (non-hydrogen) atoms. The Hall–Kier alpha value is -6.58. The van der Waals surface area contributed by atoms with Crippen molar-refractivity contribution in [3.63, 3.8) is 0 Å². The number of benzene rings is 8. The van der Waals surface area contributed by atoms with Crippen molar-refractivity contribution in [2.45, 2.75) is 0 Å². The Morgan fingerprint density at radius 2 is 0.939 bits per heavy atom. The second-order valence-corrected chi connectivity index (χ2v) is 13.0. The van der Waals surface area contributed by atoms with E-state index in [1.54, 1.807) is 0 Å². The van der Waals surface area contributed by atoms with E-state index in [0.717, 1.165) is 38.9 Å². The first-order chi connectivity index (χ1) is 24.3. The Labute approximate surface area is 281 Å². The summed E-state index contributed by atoms with van der Waals surface area (Å²) in [5.41, 5.74) is 11.3. The van der Waals surface area contributed by atoms with Crippen LogP contribution >= 0.6 is 0 Å². The normalized spacial score (nSPS) is 12.1. The number of para-hydroxylation sites is 3. The van der Waals surface area contributed by atoms with Crippen LogP contribution in [0.15, 0.2) is 174 Å². The Morgan fingerprint density at radius 1 is 0.347 bits per heavy atom. The van der Waals surface area contributed by atoms with Gasteiger partial charge >= 0.3 is 0 Å². The molecule has 8 aromatic carbocycles. The van der Waals surface area contributed by atoms with E-state index in [4.69, 9.17) is 4.42 Å². The van der Waals surface area contributed by atoms with Crippen LogP contribution in [0.1, 0.15) is 0 Å². The molecule has 0 spiro atoms. The summed E-state index contributed by atoms with van der Waals surface area (Å²) in [6, 6.07) is 61.3. The Balaban J connectivity index is 1.13. The highest BCUT2D eigenvalue weighted by Gasteiger charge is 2.19. The highest BCUT2D eigenvalue weighted by Crippen LogP contribution is 2.41. The van der Waals surface area contributed by atoms with Gasteiger partial charge in [0.2, 0.25) is 0 Å². The van der Waals surface area contributed by atoms with Crippen molar-refractivity contribution in [2.75, 3.05) is 0 Å². The van der Waals surface area contributed by atoms with E-state index in [-0.39, 0.29) is 0 Å². The maximum atomic E-state index is 6.39. The van der Waals surface area contributed by atoms with E-state index in [9.17, 15) is 0 Å². The second-order valence-electron chi connectivity index (χ2n) is 13.0. The Morgan fingerprint density at radius 3 is 1.63 bits per heavy atom. The molecule has 0 atom stereocenters. The molecule has 0 saturated heterocycles. The van der Waals surface area contributed by atoms with Gasteiger partial charge < -0.3 is 13.6 Å². The minimum absolute atomic E-state index is 0.909. The molecule has 3 aromatic heterocycles. The van der Waals surface area contributed by atoms with Crippen molar-refractivity contribution < 1.29 is 4.42 Å². The standard InChI is InChI=1S/C46H28N2O/c1-2-13-32(14-3-1)47-40-18-8-6-15-35(40)37-27-38-36-16-7-9-19-41(36)48(43(38)28-42(37)47)33-23-21-29(22-24-33)34-17-10-20-44-46(34)39-25-30-11-4-5-12-31(30)26-45(39)49-44/h1-28H. The maximum absolute atomic E-state index is 6.39. The summed E-state index contributed by atoms with van der Waals surface area (Å²) in [6.45, 7) is 0. The fourth-order valence-electron chi connectivity index (χ4n) is 8.11. The van der Waals surface area contributed by atoms with Gasteiger partial charge in [-0.05, 0) is 88.6 Å². The SMILES string of the molecule is c1ccc(-n2c3ccccc3c3cc4c5ccccc5n(-c5ccc(-c6cccc7oc8cc9ccccc9cc8c67)cc5)c4cc32)cc1. The molecule has 11 aromatic rings. The molecule has 0 aliphatic heterocycles. The zero-order chi connectivity index (χ0) is 32.1. The molecule has 0 bridgehead atoms. The van der Waals surface area contributed by atoms with E-state index < -0.39 is 0 Å². The molecule has 11 rings (SSSR count). The maximum Gasteiger partial charge on any atom is 0.136 e. The van der Waals surface area contributed by atoms with Crippen LogP contribution in [0.3, 0.4) is 0 Å². The van der Waals surface area contributed by atoms with Crippen LogP contribution in [0.5, 0.6) is 0 Å². The van der Waals surface area contributed by atoms with Gasteiger partial charge in [0.25, 0.3) is 0 Å². The third kappa shape index (κ3) is 3.78. The van der Waals surface area contributed by atoms with Crippen molar-refractivity contribution in [3.05, 3.63) is 170 Å². The molecular weight excluding hydrogens is 597 g/mol. The largest absolute Gasteiger partial charge is 0.456 e. The number of nitrogens with zero attached hydrogens (tertiary/aromatic N) is 2. The molecule has 228 valence electrons. The fraction of sp³-hybridized carbons (Fsp3) is 0. The minimum Gasteiger partial charge on any atom is -0.456 e. The monoisotopic (exact) mass is 624 g/mol. The van der Waals surface area contributed by atoms with E-state index in [2.05, 4.69) is 179 Å². The molecule has 0 N–H and O–H groups in total. The summed E-state index contributed by atoms with van der Waals surface area (Å²) in [6.07, 6.45) is 0. The average molecular weight is 625 g/mol.